The molecule has 46 heavy (non-hydrogen) atoms. The highest BCUT2D eigenvalue weighted by Gasteiger charge is 2.15. The van der Waals surface area contributed by atoms with Crippen molar-refractivity contribution >= 4 is 51.5 Å². The number of nitrogens with zero attached hydrogens (tertiary/aromatic N) is 2. The van der Waals surface area contributed by atoms with E-state index >= 15 is 0 Å². The van der Waals surface area contributed by atoms with E-state index in [2.05, 4.69) is 192 Å². The van der Waals surface area contributed by atoms with Crippen LogP contribution in [0.25, 0.3) is 34.2 Å². The van der Waals surface area contributed by atoms with Gasteiger partial charge in [0.25, 0.3) is 0 Å². The molecule has 0 unspecified atom stereocenters. The number of fused-ring (bicyclic) bond motifs is 1. The largest absolute Gasteiger partial charge is 0.317 e. The van der Waals surface area contributed by atoms with E-state index in [0.717, 1.165) is 38.9 Å². The standard InChI is InChI=1S/C44H34N2/c1-2-14-34-15-9-10-17-38(34)33-45(39-19-5-3-6-20-39)40-29-25-35(26-30-40)36-27-31-42(32-28-36)46(41-21-7-4-8-22-41)44-24-13-18-37-16-11-12-23-43(37)44/h2-33H,1H2/b34-14-,38-33+. The maximum absolute atomic E-state index is 3.90. The van der Waals surface area contributed by atoms with Crippen LogP contribution in [-0.2, 0) is 0 Å². The molecule has 0 amide bonds. The molecule has 0 bridgehead atoms. The van der Waals surface area contributed by atoms with Gasteiger partial charge in [0.15, 0.2) is 0 Å². The average Bonchev–Trinajstić information content (AvgIpc) is 3.13. The molecule has 2 nitrogen and oxygen atoms in total. The summed E-state index contributed by atoms with van der Waals surface area (Å²) >= 11 is 0. The molecule has 7 rings (SSSR count). The van der Waals surface area contributed by atoms with Crippen molar-refractivity contribution in [2.45, 2.75) is 0 Å². The first-order valence-corrected chi connectivity index (χ1v) is 15.6. The molecule has 0 aliphatic carbocycles. The molecule has 0 atom stereocenters. The van der Waals surface area contributed by atoms with Crippen molar-refractivity contribution < 1.29 is 0 Å². The Labute approximate surface area is 270 Å². The van der Waals surface area contributed by atoms with Crippen molar-refractivity contribution in [1.82, 2.24) is 0 Å². The Morgan fingerprint density at radius 1 is 0.413 bits per heavy atom. The van der Waals surface area contributed by atoms with E-state index in [-0.39, 0.29) is 0 Å². The van der Waals surface area contributed by atoms with E-state index in [1.165, 1.54) is 21.9 Å². The topological polar surface area (TPSA) is 6.48 Å². The lowest BCUT2D eigenvalue weighted by Crippen LogP contribution is -2.27. The van der Waals surface area contributed by atoms with Gasteiger partial charge in [0.05, 0.1) is 5.69 Å². The Kier molecular flexibility index (Phi) is 8.25. The fraction of sp³-hybridized carbons (Fsp3) is 0. The first-order valence-electron chi connectivity index (χ1n) is 15.6. The minimum Gasteiger partial charge on any atom is -0.317 e. The molecule has 0 aromatic heterocycles. The van der Waals surface area contributed by atoms with Gasteiger partial charge in [-0.1, -0.05) is 140 Å². The summed E-state index contributed by atoms with van der Waals surface area (Å²) in [6.45, 7) is 3.90. The van der Waals surface area contributed by atoms with Gasteiger partial charge in [0.1, 0.15) is 0 Å². The number of anilines is 5. The summed E-state index contributed by atoms with van der Waals surface area (Å²) < 4.78 is 0. The van der Waals surface area contributed by atoms with Crippen LogP contribution in [0.15, 0.2) is 189 Å². The van der Waals surface area contributed by atoms with Crippen LogP contribution in [0.5, 0.6) is 0 Å². The van der Waals surface area contributed by atoms with E-state index in [9.17, 15) is 0 Å². The second-order valence-corrected chi connectivity index (χ2v) is 11.1. The van der Waals surface area contributed by atoms with Gasteiger partial charge in [-0.05, 0) is 81.5 Å². The molecule has 0 aliphatic heterocycles. The van der Waals surface area contributed by atoms with Crippen molar-refractivity contribution in [3.63, 3.8) is 0 Å². The third-order valence-electron chi connectivity index (χ3n) is 8.22. The zero-order valence-electron chi connectivity index (χ0n) is 25.6. The average molecular weight is 591 g/mol. The van der Waals surface area contributed by atoms with Gasteiger partial charge in [-0.15, -0.1) is 0 Å². The monoisotopic (exact) mass is 590 g/mol. The van der Waals surface area contributed by atoms with E-state index in [4.69, 9.17) is 0 Å². The van der Waals surface area contributed by atoms with E-state index in [1.807, 2.05) is 18.2 Å². The van der Waals surface area contributed by atoms with Crippen molar-refractivity contribution in [3.8, 4) is 11.1 Å². The molecular formula is C44H34N2. The van der Waals surface area contributed by atoms with Gasteiger partial charge in [0.2, 0.25) is 0 Å². The lowest BCUT2D eigenvalue weighted by Gasteiger charge is -2.27. The molecular weight excluding hydrogens is 556 g/mol. The van der Waals surface area contributed by atoms with Crippen molar-refractivity contribution in [2.24, 2.45) is 0 Å². The number of benzene rings is 7. The molecule has 220 valence electrons. The number of para-hydroxylation sites is 2. The molecule has 2 heteroatoms. The Balaban J connectivity index is 1.24. The van der Waals surface area contributed by atoms with Gasteiger partial charge < -0.3 is 9.80 Å². The Bertz CT molecular complexity index is 2200. The van der Waals surface area contributed by atoms with Gasteiger partial charge in [-0.3, -0.25) is 0 Å². The van der Waals surface area contributed by atoms with Gasteiger partial charge in [-0.25, -0.2) is 0 Å². The van der Waals surface area contributed by atoms with Crippen LogP contribution in [0, 0.1) is 0 Å². The normalized spacial score (nSPS) is 11.8. The highest BCUT2D eigenvalue weighted by atomic mass is 15.1. The molecule has 0 saturated heterocycles. The van der Waals surface area contributed by atoms with Crippen LogP contribution in [0.2, 0.25) is 0 Å². The summed E-state index contributed by atoms with van der Waals surface area (Å²) in [5.74, 6) is 0. The van der Waals surface area contributed by atoms with Crippen molar-refractivity contribution in [2.75, 3.05) is 9.80 Å². The summed E-state index contributed by atoms with van der Waals surface area (Å²) in [6, 6.07) is 62.2. The maximum atomic E-state index is 3.90. The first-order chi connectivity index (χ1) is 22.8. The molecule has 0 radical (unpaired) electrons. The van der Waals surface area contributed by atoms with Crippen LogP contribution in [0.3, 0.4) is 0 Å². The Hall–Kier alpha value is -6.12. The number of hydrogen-bond acceptors (Lipinski definition) is 2. The maximum Gasteiger partial charge on any atom is 0.0540 e. The number of rotatable bonds is 8. The third-order valence-corrected chi connectivity index (χ3v) is 8.22. The summed E-state index contributed by atoms with van der Waals surface area (Å²) in [7, 11) is 0. The van der Waals surface area contributed by atoms with E-state index < -0.39 is 0 Å². The van der Waals surface area contributed by atoms with Gasteiger partial charge in [-0.2, -0.15) is 0 Å². The lowest BCUT2D eigenvalue weighted by atomic mass is 10.0. The zero-order valence-corrected chi connectivity index (χ0v) is 25.6. The predicted octanol–water partition coefficient (Wildman–Crippen LogP) is 10.5. The Morgan fingerprint density at radius 2 is 0.913 bits per heavy atom. The third kappa shape index (κ3) is 5.97. The second-order valence-electron chi connectivity index (χ2n) is 11.1. The Morgan fingerprint density at radius 3 is 1.59 bits per heavy atom. The predicted molar refractivity (Wildman–Crippen MR) is 197 cm³/mol. The minimum absolute atomic E-state index is 1.09. The van der Waals surface area contributed by atoms with Gasteiger partial charge in [0, 0.05) is 34.3 Å². The SMILES string of the molecule is C=C/C=c1/cccc/c1=C\N(c1ccccc1)c1ccc(-c2ccc(N(c3ccccc3)c3cccc4ccccc34)cc2)cc1. The molecule has 7 aromatic rings. The highest BCUT2D eigenvalue weighted by molar-refractivity contribution is 5.99. The van der Waals surface area contributed by atoms with Gasteiger partial charge >= 0.3 is 0 Å². The smallest absolute Gasteiger partial charge is 0.0540 e. The van der Waals surface area contributed by atoms with Crippen LogP contribution in [-0.4, -0.2) is 0 Å². The highest BCUT2D eigenvalue weighted by Crippen LogP contribution is 2.39. The molecule has 0 saturated carbocycles. The molecule has 7 aromatic carbocycles. The quantitative estimate of drug-likeness (QED) is 0.174. The second kappa shape index (κ2) is 13.3. The summed E-state index contributed by atoms with van der Waals surface area (Å²) in [5.41, 5.74) is 7.92. The van der Waals surface area contributed by atoms with E-state index in [0.29, 0.717) is 0 Å². The molecule has 0 heterocycles. The van der Waals surface area contributed by atoms with Crippen LogP contribution < -0.4 is 20.2 Å². The van der Waals surface area contributed by atoms with Crippen LogP contribution >= 0.6 is 0 Å². The number of allylic oxidation sites excluding steroid dienone is 1. The molecule has 0 N–H and O–H groups in total. The number of hydrogen-bond donors (Lipinski definition) is 0. The molecule has 0 aliphatic rings. The summed E-state index contributed by atoms with van der Waals surface area (Å²) in [5, 5.41) is 4.70. The fourth-order valence-electron chi connectivity index (χ4n) is 5.96. The fourth-order valence-corrected chi connectivity index (χ4v) is 5.96. The van der Waals surface area contributed by atoms with Crippen LogP contribution in [0.1, 0.15) is 0 Å². The van der Waals surface area contributed by atoms with E-state index in [1.54, 1.807) is 0 Å². The summed E-state index contributed by atoms with van der Waals surface area (Å²) in [4.78, 5) is 4.58. The lowest BCUT2D eigenvalue weighted by molar-refractivity contribution is 1.30. The van der Waals surface area contributed by atoms with Crippen LogP contribution in [0.4, 0.5) is 28.4 Å². The summed E-state index contributed by atoms with van der Waals surface area (Å²) in [6.07, 6.45) is 6.07. The zero-order chi connectivity index (χ0) is 31.1. The molecule has 0 spiro atoms. The minimum atomic E-state index is 1.09. The first kappa shape index (κ1) is 28.6. The van der Waals surface area contributed by atoms with Crippen molar-refractivity contribution in [1.29, 1.82) is 0 Å². The van der Waals surface area contributed by atoms with Crippen molar-refractivity contribution in [3.05, 3.63) is 199 Å². The molecule has 0 fully saturated rings.